The largest absolute Gasteiger partial charge is 0.465 e. The number of hydrogen-bond acceptors (Lipinski definition) is 4. The molecular formula is C17H27NO3. The molecule has 21 heavy (non-hydrogen) atoms. The van der Waals surface area contributed by atoms with Gasteiger partial charge in [-0.15, -0.1) is 0 Å². The first kappa shape index (κ1) is 15.1. The zero-order chi connectivity index (χ0) is 14.7. The molecule has 0 amide bonds. The maximum Gasteiger partial charge on any atom is 0.118 e. The predicted octanol–water partition coefficient (Wildman–Crippen LogP) is 3.00. The molecule has 0 aliphatic carbocycles. The molecule has 2 unspecified atom stereocenters. The second-order valence-corrected chi connectivity index (χ2v) is 6.47. The number of rotatable bonds is 5. The first-order valence-corrected chi connectivity index (χ1v) is 8.19. The molecule has 1 aromatic rings. The second-order valence-electron chi connectivity index (χ2n) is 6.47. The molecule has 0 bridgehead atoms. The molecule has 0 spiro atoms. The third-order valence-corrected chi connectivity index (χ3v) is 4.84. The lowest BCUT2D eigenvalue weighted by atomic mass is 9.73. The molecule has 4 nitrogen and oxygen atoms in total. The highest BCUT2D eigenvalue weighted by molar-refractivity contribution is 5.06. The van der Waals surface area contributed by atoms with Crippen LogP contribution >= 0.6 is 0 Å². The summed E-state index contributed by atoms with van der Waals surface area (Å²) in [4.78, 5) is 2.50. The van der Waals surface area contributed by atoms with Gasteiger partial charge in [0, 0.05) is 31.7 Å². The average molecular weight is 293 g/mol. The van der Waals surface area contributed by atoms with E-state index in [2.05, 4.69) is 17.9 Å². The third kappa shape index (κ3) is 3.33. The fourth-order valence-corrected chi connectivity index (χ4v) is 3.82. The Kier molecular flexibility index (Phi) is 4.67. The number of ether oxygens (including phenoxy) is 2. The summed E-state index contributed by atoms with van der Waals surface area (Å²) < 4.78 is 17.6. The van der Waals surface area contributed by atoms with Gasteiger partial charge in [0.15, 0.2) is 0 Å². The first-order valence-electron chi connectivity index (χ1n) is 8.19. The lowest BCUT2D eigenvalue weighted by Gasteiger charge is -2.50. The molecule has 2 fully saturated rings. The lowest BCUT2D eigenvalue weighted by molar-refractivity contribution is -0.153. The van der Waals surface area contributed by atoms with E-state index in [0.717, 1.165) is 63.8 Å². The monoisotopic (exact) mass is 293 g/mol. The number of piperidine rings is 1. The van der Waals surface area contributed by atoms with Crippen molar-refractivity contribution in [2.45, 2.75) is 45.8 Å². The van der Waals surface area contributed by atoms with E-state index < -0.39 is 0 Å². The van der Waals surface area contributed by atoms with Crippen LogP contribution in [0.2, 0.25) is 0 Å². The first-order chi connectivity index (χ1) is 10.2. The Balaban J connectivity index is 1.68. The van der Waals surface area contributed by atoms with Crippen molar-refractivity contribution in [2.75, 3.05) is 32.9 Å². The summed E-state index contributed by atoms with van der Waals surface area (Å²) in [7, 11) is 0. The minimum Gasteiger partial charge on any atom is -0.465 e. The van der Waals surface area contributed by atoms with E-state index in [1.54, 1.807) is 0 Å². The number of furan rings is 1. The fraction of sp³-hybridized carbons (Fsp3) is 0.765. The summed E-state index contributed by atoms with van der Waals surface area (Å²) in [5, 5.41) is 0. The van der Waals surface area contributed by atoms with E-state index in [4.69, 9.17) is 13.9 Å². The average Bonchev–Trinajstić information content (AvgIpc) is 2.90. The van der Waals surface area contributed by atoms with Crippen LogP contribution in [0.3, 0.4) is 0 Å². The highest BCUT2D eigenvalue weighted by Crippen LogP contribution is 2.40. The van der Waals surface area contributed by atoms with Crippen LogP contribution in [0.5, 0.6) is 0 Å². The molecule has 2 saturated heterocycles. The molecule has 2 atom stereocenters. The van der Waals surface area contributed by atoms with Crippen molar-refractivity contribution >= 4 is 0 Å². The van der Waals surface area contributed by atoms with Crippen molar-refractivity contribution < 1.29 is 13.9 Å². The molecule has 0 aromatic carbocycles. The van der Waals surface area contributed by atoms with Gasteiger partial charge in [-0.3, -0.25) is 4.90 Å². The molecule has 3 rings (SSSR count). The van der Waals surface area contributed by atoms with E-state index in [0.29, 0.717) is 6.10 Å². The van der Waals surface area contributed by atoms with E-state index in [1.807, 2.05) is 13.0 Å². The maximum atomic E-state index is 6.05. The minimum absolute atomic E-state index is 0.175. The van der Waals surface area contributed by atoms with Crippen molar-refractivity contribution in [1.29, 1.82) is 0 Å². The van der Waals surface area contributed by atoms with E-state index >= 15 is 0 Å². The van der Waals surface area contributed by atoms with Crippen molar-refractivity contribution in [3.8, 4) is 0 Å². The SMILES string of the molecule is CCOCC12CCCOC1CCN(Cc1ccc(C)o1)C2. The predicted molar refractivity (Wildman–Crippen MR) is 81.2 cm³/mol. The third-order valence-electron chi connectivity index (χ3n) is 4.84. The molecule has 0 saturated carbocycles. The maximum absolute atomic E-state index is 6.05. The van der Waals surface area contributed by atoms with Crippen LogP contribution in [-0.2, 0) is 16.0 Å². The number of fused-ring (bicyclic) bond motifs is 1. The van der Waals surface area contributed by atoms with E-state index in [9.17, 15) is 0 Å². The summed E-state index contributed by atoms with van der Waals surface area (Å²) in [5.74, 6) is 2.05. The Morgan fingerprint density at radius 3 is 3.10 bits per heavy atom. The fourth-order valence-electron chi connectivity index (χ4n) is 3.82. The molecule has 0 radical (unpaired) electrons. The summed E-state index contributed by atoms with van der Waals surface area (Å²) in [5.41, 5.74) is 0.175. The van der Waals surface area contributed by atoms with Crippen LogP contribution in [0.25, 0.3) is 0 Å². The normalized spacial score (nSPS) is 30.3. The highest BCUT2D eigenvalue weighted by atomic mass is 16.5. The number of likely N-dealkylation sites (tertiary alicyclic amines) is 1. The van der Waals surface area contributed by atoms with Crippen molar-refractivity contribution in [3.05, 3.63) is 23.7 Å². The van der Waals surface area contributed by atoms with Gasteiger partial charge in [-0.05, 0) is 45.2 Å². The van der Waals surface area contributed by atoms with Gasteiger partial charge < -0.3 is 13.9 Å². The Hall–Kier alpha value is -0.840. The van der Waals surface area contributed by atoms with Gasteiger partial charge in [-0.2, -0.15) is 0 Å². The molecular weight excluding hydrogens is 266 g/mol. The van der Waals surface area contributed by atoms with Crippen molar-refractivity contribution in [1.82, 2.24) is 4.90 Å². The van der Waals surface area contributed by atoms with Crippen molar-refractivity contribution in [3.63, 3.8) is 0 Å². The quantitative estimate of drug-likeness (QED) is 0.836. The zero-order valence-electron chi connectivity index (χ0n) is 13.3. The molecule has 118 valence electrons. The van der Waals surface area contributed by atoms with Gasteiger partial charge in [0.05, 0.1) is 19.3 Å². The van der Waals surface area contributed by atoms with Crippen molar-refractivity contribution in [2.24, 2.45) is 5.41 Å². The second kappa shape index (κ2) is 6.51. The smallest absolute Gasteiger partial charge is 0.118 e. The minimum atomic E-state index is 0.175. The standard InChI is InChI=1S/C17H27NO3/c1-3-19-13-17-8-4-10-20-16(17)7-9-18(12-17)11-15-6-5-14(2)21-15/h5-6,16H,3-4,7-13H2,1-2H3. The molecule has 4 heteroatoms. The number of aryl methyl sites for hydroxylation is 1. The van der Waals surface area contributed by atoms with Crippen LogP contribution < -0.4 is 0 Å². The summed E-state index contributed by atoms with van der Waals surface area (Å²) in [6.45, 7) is 9.62. The van der Waals surface area contributed by atoms with Gasteiger partial charge in [-0.25, -0.2) is 0 Å². The summed E-state index contributed by atoms with van der Waals surface area (Å²) >= 11 is 0. The number of hydrogen-bond donors (Lipinski definition) is 0. The van der Waals surface area contributed by atoms with Gasteiger partial charge in [-0.1, -0.05) is 0 Å². The lowest BCUT2D eigenvalue weighted by Crippen LogP contribution is -2.56. The van der Waals surface area contributed by atoms with Crippen LogP contribution in [0.1, 0.15) is 37.7 Å². The molecule has 2 aliphatic rings. The van der Waals surface area contributed by atoms with Crippen LogP contribution in [-0.4, -0.2) is 43.9 Å². The summed E-state index contributed by atoms with van der Waals surface area (Å²) in [6.07, 6.45) is 3.84. The topological polar surface area (TPSA) is 34.8 Å². The zero-order valence-corrected chi connectivity index (χ0v) is 13.3. The van der Waals surface area contributed by atoms with Crippen LogP contribution in [0, 0.1) is 12.3 Å². The molecule has 2 aliphatic heterocycles. The Bertz CT molecular complexity index is 459. The van der Waals surface area contributed by atoms with Crippen LogP contribution in [0.15, 0.2) is 16.5 Å². The van der Waals surface area contributed by atoms with Gasteiger partial charge in [0.25, 0.3) is 0 Å². The molecule has 3 heterocycles. The van der Waals surface area contributed by atoms with Crippen LogP contribution in [0.4, 0.5) is 0 Å². The number of nitrogens with zero attached hydrogens (tertiary/aromatic N) is 1. The molecule has 0 N–H and O–H groups in total. The summed E-state index contributed by atoms with van der Waals surface area (Å²) in [6, 6.07) is 4.13. The Labute approximate surface area is 127 Å². The Morgan fingerprint density at radius 2 is 2.33 bits per heavy atom. The van der Waals surface area contributed by atoms with Gasteiger partial charge >= 0.3 is 0 Å². The van der Waals surface area contributed by atoms with E-state index in [-0.39, 0.29) is 5.41 Å². The highest BCUT2D eigenvalue weighted by Gasteiger charge is 2.46. The molecule has 1 aromatic heterocycles. The van der Waals surface area contributed by atoms with Gasteiger partial charge in [0.2, 0.25) is 0 Å². The Morgan fingerprint density at radius 1 is 1.43 bits per heavy atom. The van der Waals surface area contributed by atoms with Gasteiger partial charge in [0.1, 0.15) is 11.5 Å². The van der Waals surface area contributed by atoms with E-state index in [1.165, 1.54) is 6.42 Å².